The summed E-state index contributed by atoms with van der Waals surface area (Å²) in [6.45, 7) is 17.3. The van der Waals surface area contributed by atoms with Crippen LogP contribution in [0.25, 0.3) is 0 Å². The number of aliphatic imine (C=N–C) groups is 1. The number of hydrogen-bond acceptors (Lipinski definition) is 4. The Morgan fingerprint density at radius 2 is 1.81 bits per heavy atom. The summed E-state index contributed by atoms with van der Waals surface area (Å²) in [5.74, 6) is 1.13. The molecular formula is C22H42IN5O3. The van der Waals surface area contributed by atoms with Gasteiger partial charge in [-0.1, -0.05) is 12.2 Å². The van der Waals surface area contributed by atoms with Crippen LogP contribution in [0.1, 0.15) is 47.5 Å². The molecule has 9 heteroatoms. The quantitative estimate of drug-likeness (QED) is 0.228. The van der Waals surface area contributed by atoms with Crippen molar-refractivity contribution in [1.82, 2.24) is 20.0 Å². The predicted octanol–water partition coefficient (Wildman–Crippen LogP) is 3.18. The van der Waals surface area contributed by atoms with Crippen LogP contribution in [-0.4, -0.2) is 91.6 Å². The van der Waals surface area contributed by atoms with Crippen LogP contribution in [0.4, 0.5) is 4.79 Å². The lowest BCUT2D eigenvalue weighted by Crippen LogP contribution is -2.48. The third-order valence-corrected chi connectivity index (χ3v) is 4.84. The molecular weight excluding hydrogens is 509 g/mol. The van der Waals surface area contributed by atoms with Gasteiger partial charge in [-0.25, -0.2) is 9.79 Å². The predicted molar refractivity (Wildman–Crippen MR) is 137 cm³/mol. The van der Waals surface area contributed by atoms with Gasteiger partial charge >= 0.3 is 6.09 Å². The van der Waals surface area contributed by atoms with Crippen LogP contribution in [0.5, 0.6) is 0 Å². The number of nitrogens with zero attached hydrogens (tertiary/aromatic N) is 4. The third-order valence-electron chi connectivity index (χ3n) is 4.84. The lowest BCUT2D eigenvalue weighted by Gasteiger charge is -2.36. The number of carbonyl (C=O) groups excluding carboxylic acids is 2. The molecule has 2 amide bonds. The van der Waals surface area contributed by atoms with Gasteiger partial charge in [0.05, 0.1) is 0 Å². The number of amides is 2. The van der Waals surface area contributed by atoms with E-state index in [0.717, 1.165) is 37.5 Å². The number of nitrogens with one attached hydrogen (secondary N) is 1. The highest BCUT2D eigenvalue weighted by atomic mass is 127. The maximum Gasteiger partial charge on any atom is 0.410 e. The van der Waals surface area contributed by atoms with Crippen molar-refractivity contribution in [2.45, 2.75) is 53.1 Å². The lowest BCUT2D eigenvalue weighted by atomic mass is 9.96. The number of rotatable bonds is 7. The summed E-state index contributed by atoms with van der Waals surface area (Å²) < 4.78 is 5.52. The molecule has 1 rings (SSSR count). The normalized spacial score (nSPS) is 15.1. The van der Waals surface area contributed by atoms with Gasteiger partial charge in [-0.2, -0.15) is 0 Å². The molecule has 1 aliphatic rings. The summed E-state index contributed by atoms with van der Waals surface area (Å²) in [4.78, 5) is 34.4. The molecule has 1 N–H and O–H groups in total. The largest absolute Gasteiger partial charge is 0.444 e. The van der Waals surface area contributed by atoms with Gasteiger partial charge in [-0.05, 0) is 53.4 Å². The molecule has 0 spiro atoms. The number of likely N-dealkylation sites (tertiary alicyclic amines) is 1. The second-order valence-electron chi connectivity index (χ2n) is 9.19. The van der Waals surface area contributed by atoms with E-state index in [2.05, 4.69) is 21.8 Å². The molecule has 1 fully saturated rings. The van der Waals surface area contributed by atoms with Gasteiger partial charge in [-0.15, -0.1) is 24.0 Å². The summed E-state index contributed by atoms with van der Waals surface area (Å²) in [6.07, 6.45) is 1.66. The fourth-order valence-electron chi connectivity index (χ4n) is 3.08. The van der Waals surface area contributed by atoms with Gasteiger partial charge in [-0.3, -0.25) is 4.79 Å². The standard InChI is InChI=1S/C22H41N5O3.HI/c1-9-26(21(29)30-22(4,5)6)16-18-10-12-27(13-11-18)20(23-14-17(2)3)24-15-19(28)25(7)8;/h18H,2,9-16H2,1,3-8H3,(H,23,24);1H. The average Bonchev–Trinajstić information content (AvgIpc) is 2.64. The molecule has 0 saturated carbocycles. The van der Waals surface area contributed by atoms with Gasteiger partial charge in [0.2, 0.25) is 5.91 Å². The fourth-order valence-corrected chi connectivity index (χ4v) is 3.08. The Labute approximate surface area is 205 Å². The van der Waals surface area contributed by atoms with E-state index in [9.17, 15) is 9.59 Å². The maximum absolute atomic E-state index is 12.4. The number of halogens is 1. The molecule has 0 unspecified atom stereocenters. The number of hydrogen-bond donors (Lipinski definition) is 1. The summed E-state index contributed by atoms with van der Waals surface area (Å²) in [5, 5.41) is 3.32. The van der Waals surface area contributed by atoms with Crippen molar-refractivity contribution in [1.29, 1.82) is 0 Å². The second-order valence-corrected chi connectivity index (χ2v) is 9.19. The molecule has 8 nitrogen and oxygen atoms in total. The van der Waals surface area contributed by atoms with E-state index < -0.39 is 5.60 Å². The molecule has 1 heterocycles. The average molecular weight is 552 g/mol. The SMILES string of the molecule is C=C(C)CNC(=NCC(=O)N(C)C)N1CCC(CN(CC)C(=O)OC(C)(C)C)CC1.I. The zero-order valence-electron chi connectivity index (χ0n) is 20.4. The molecule has 1 aliphatic heterocycles. The van der Waals surface area contributed by atoms with Crippen molar-refractivity contribution in [3.8, 4) is 0 Å². The van der Waals surface area contributed by atoms with E-state index >= 15 is 0 Å². The molecule has 1 saturated heterocycles. The van der Waals surface area contributed by atoms with Crippen molar-refractivity contribution in [3.63, 3.8) is 0 Å². The first kappa shape index (κ1) is 29.5. The molecule has 0 atom stereocenters. The van der Waals surface area contributed by atoms with Crippen LogP contribution in [0.15, 0.2) is 17.1 Å². The Morgan fingerprint density at radius 1 is 1.23 bits per heavy atom. The van der Waals surface area contributed by atoms with E-state index in [1.165, 1.54) is 0 Å². The monoisotopic (exact) mass is 551 g/mol. The van der Waals surface area contributed by atoms with Gasteiger partial charge in [0, 0.05) is 46.8 Å². The Balaban J connectivity index is 0.00000900. The van der Waals surface area contributed by atoms with Gasteiger partial charge in [0.15, 0.2) is 5.96 Å². The number of piperidine rings is 1. The minimum atomic E-state index is -0.488. The minimum absolute atomic E-state index is 0. The summed E-state index contributed by atoms with van der Waals surface area (Å²) >= 11 is 0. The highest BCUT2D eigenvalue weighted by molar-refractivity contribution is 14.0. The van der Waals surface area contributed by atoms with Gasteiger partial charge in [0.1, 0.15) is 12.1 Å². The van der Waals surface area contributed by atoms with Crippen LogP contribution < -0.4 is 5.32 Å². The van der Waals surface area contributed by atoms with E-state index in [1.807, 2.05) is 34.6 Å². The maximum atomic E-state index is 12.4. The summed E-state index contributed by atoms with van der Waals surface area (Å²) in [6, 6.07) is 0. The minimum Gasteiger partial charge on any atom is -0.444 e. The summed E-state index contributed by atoms with van der Waals surface area (Å²) in [5.41, 5.74) is 0.519. The van der Waals surface area contributed by atoms with E-state index in [1.54, 1.807) is 23.9 Å². The first-order valence-electron chi connectivity index (χ1n) is 10.8. The molecule has 0 aliphatic carbocycles. The fraction of sp³-hybridized carbons (Fsp3) is 0.773. The Morgan fingerprint density at radius 3 is 2.26 bits per heavy atom. The van der Waals surface area contributed by atoms with Crippen LogP contribution >= 0.6 is 24.0 Å². The molecule has 31 heavy (non-hydrogen) atoms. The van der Waals surface area contributed by atoms with Crippen molar-refractivity contribution in [2.24, 2.45) is 10.9 Å². The summed E-state index contributed by atoms with van der Waals surface area (Å²) in [7, 11) is 3.46. The first-order valence-corrected chi connectivity index (χ1v) is 10.8. The van der Waals surface area contributed by atoms with Crippen molar-refractivity contribution in [3.05, 3.63) is 12.2 Å². The first-order chi connectivity index (χ1) is 13.9. The Hall–Kier alpha value is -1.52. The number of likely N-dealkylation sites (N-methyl/N-ethyl adjacent to an activating group) is 1. The van der Waals surface area contributed by atoms with E-state index in [4.69, 9.17) is 4.74 Å². The lowest BCUT2D eigenvalue weighted by molar-refractivity contribution is -0.127. The Kier molecular flexibility index (Phi) is 13.1. The van der Waals surface area contributed by atoms with Crippen LogP contribution in [0, 0.1) is 5.92 Å². The molecule has 0 radical (unpaired) electrons. The highest BCUT2D eigenvalue weighted by Crippen LogP contribution is 2.20. The molecule has 0 aromatic heterocycles. The van der Waals surface area contributed by atoms with Crippen LogP contribution in [0.2, 0.25) is 0 Å². The van der Waals surface area contributed by atoms with Crippen LogP contribution in [-0.2, 0) is 9.53 Å². The number of guanidine groups is 1. The second kappa shape index (κ2) is 13.8. The topological polar surface area (TPSA) is 77.5 Å². The van der Waals surface area contributed by atoms with Gasteiger partial charge in [0.25, 0.3) is 0 Å². The molecule has 0 aromatic rings. The van der Waals surface area contributed by atoms with Crippen LogP contribution in [0.3, 0.4) is 0 Å². The smallest absolute Gasteiger partial charge is 0.410 e. The highest BCUT2D eigenvalue weighted by Gasteiger charge is 2.27. The van der Waals surface area contributed by atoms with Crippen molar-refractivity contribution in [2.75, 3.05) is 53.4 Å². The van der Waals surface area contributed by atoms with Crippen molar-refractivity contribution >= 4 is 41.9 Å². The third kappa shape index (κ3) is 11.6. The molecule has 0 bridgehead atoms. The zero-order chi connectivity index (χ0) is 22.9. The number of carbonyl (C=O) groups is 2. The van der Waals surface area contributed by atoms with Gasteiger partial charge < -0.3 is 24.8 Å². The van der Waals surface area contributed by atoms with Crippen molar-refractivity contribution < 1.29 is 14.3 Å². The van der Waals surface area contributed by atoms with E-state index in [-0.39, 0.29) is 42.5 Å². The molecule has 180 valence electrons. The Bertz CT molecular complexity index is 623. The zero-order valence-corrected chi connectivity index (χ0v) is 22.7. The molecule has 0 aromatic carbocycles. The van der Waals surface area contributed by atoms with E-state index in [0.29, 0.717) is 25.6 Å². The number of ether oxygens (including phenoxy) is 1.